The van der Waals surface area contributed by atoms with Crippen LogP contribution in [0, 0.1) is 13.5 Å². The maximum atomic E-state index is 9.63. The number of hydrogen-bond donors (Lipinski definition) is 0. The number of hydrogen-bond acceptors (Lipinski definition) is 2. The summed E-state index contributed by atoms with van der Waals surface area (Å²) in [6.45, 7) is 1.33. The largest absolute Gasteiger partial charge is 3.00 e. The number of benzene rings is 1. The van der Waals surface area contributed by atoms with Gasteiger partial charge < -0.3 is 54.2 Å². The van der Waals surface area contributed by atoms with Crippen LogP contribution in [0.15, 0.2) is 48.6 Å². The minimum atomic E-state index is 0. The van der Waals surface area contributed by atoms with Crippen molar-refractivity contribution in [2.45, 2.75) is 6.42 Å². The second-order valence-corrected chi connectivity index (χ2v) is 2.50. The van der Waals surface area contributed by atoms with E-state index in [9.17, 15) is 4.79 Å². The Hall–Kier alpha value is -0.246. The topological polar surface area (TPSA) is 26.3 Å². The van der Waals surface area contributed by atoms with E-state index in [1.165, 1.54) is 6.47 Å². The molecule has 0 aliphatic heterocycles. The fraction of sp³-hybridized carbons (Fsp3) is 0.0769. The molecular weight excluding hydrogens is 342 g/mol. The van der Waals surface area contributed by atoms with Gasteiger partial charge in [-0.2, -0.15) is 6.08 Å². The summed E-state index contributed by atoms with van der Waals surface area (Å²) < 4.78 is 4.40. The Kier molecular flexibility index (Phi) is 37.7. The van der Waals surface area contributed by atoms with Crippen LogP contribution in [0.5, 0.6) is 5.75 Å². The van der Waals surface area contributed by atoms with Gasteiger partial charge in [-0.1, -0.05) is 18.2 Å². The van der Waals surface area contributed by atoms with E-state index in [0.29, 0.717) is 5.75 Å². The van der Waals surface area contributed by atoms with Crippen LogP contribution in [0.25, 0.3) is 0 Å². The number of rotatable bonds is 2. The van der Waals surface area contributed by atoms with Crippen LogP contribution < -0.4 is 42.0 Å². The van der Waals surface area contributed by atoms with Gasteiger partial charge in [0.1, 0.15) is 0 Å². The first-order chi connectivity index (χ1) is 6.93. The van der Waals surface area contributed by atoms with E-state index in [1.807, 2.05) is 18.2 Å². The van der Waals surface area contributed by atoms with Crippen molar-refractivity contribution in [2.24, 2.45) is 0 Å². The van der Waals surface area contributed by atoms with Crippen molar-refractivity contribution >= 4 is 6.47 Å². The fourth-order valence-corrected chi connectivity index (χ4v) is 0.877. The van der Waals surface area contributed by atoms with Crippen LogP contribution in [0.4, 0.5) is 0 Å². The summed E-state index contributed by atoms with van der Waals surface area (Å²) in [4.78, 5) is 9.63. The molecule has 0 unspecified atom stereocenters. The molecule has 1 aromatic carbocycles. The first-order valence-corrected chi connectivity index (χ1v) is 4.24. The average Bonchev–Trinajstić information content (AvgIpc) is 2.78. The van der Waals surface area contributed by atoms with E-state index in [-0.39, 0.29) is 66.4 Å². The molecule has 0 amide bonds. The molecular formula is C13H13Cl3O2Ti-3. The molecule has 0 bridgehead atoms. The molecule has 1 radical (unpaired) electrons. The van der Waals surface area contributed by atoms with Gasteiger partial charge in [-0.05, 0) is 5.75 Å². The molecule has 6 heteroatoms. The maximum absolute atomic E-state index is 9.63. The van der Waals surface area contributed by atoms with Gasteiger partial charge in [0.05, 0.1) is 0 Å². The zero-order valence-electron chi connectivity index (χ0n) is 10.3. The second kappa shape index (κ2) is 22.9. The minimum Gasteiger partial charge on any atom is -1.00 e. The molecule has 0 heterocycles. The van der Waals surface area contributed by atoms with Crippen molar-refractivity contribution in [1.82, 2.24) is 0 Å². The molecule has 0 saturated carbocycles. The number of allylic oxidation sites excluding steroid dienone is 4. The molecule has 19 heavy (non-hydrogen) atoms. The zero-order valence-corrected chi connectivity index (χ0v) is 14.1. The standard InChI is InChI=1S/C7H5O2.C5H5.CH3.3ClH.Ti/c8-6-9-7-4-2-1-3-5-7;1-2-4-5-3-1;;;;;/h1-5H;1-3H,4H2;1H3;3*1H;/q3*-1;;;;+3/p-3. The summed E-state index contributed by atoms with van der Waals surface area (Å²) in [6, 6.07) is 8.78. The molecule has 1 aromatic rings. The Labute approximate surface area is 148 Å². The third-order valence-electron chi connectivity index (χ3n) is 1.49. The Balaban J connectivity index is -0.0000000587. The summed E-state index contributed by atoms with van der Waals surface area (Å²) in [5.74, 6) is 0.521. The van der Waals surface area contributed by atoms with Crippen molar-refractivity contribution in [3.8, 4) is 5.75 Å². The molecule has 1 aliphatic rings. The smallest absolute Gasteiger partial charge is 1.00 e. The predicted octanol–water partition coefficient (Wildman–Crippen LogP) is -6.10. The molecule has 0 saturated heterocycles. The normalized spacial score (nSPS) is 8.63. The van der Waals surface area contributed by atoms with Crippen LogP contribution in [0.2, 0.25) is 0 Å². The van der Waals surface area contributed by atoms with Crippen molar-refractivity contribution in [3.05, 3.63) is 62.1 Å². The molecule has 2 rings (SSSR count). The number of para-hydroxylation sites is 1. The van der Waals surface area contributed by atoms with Gasteiger partial charge in [-0.15, -0.1) is 18.6 Å². The van der Waals surface area contributed by atoms with Crippen LogP contribution in [0.1, 0.15) is 6.42 Å². The van der Waals surface area contributed by atoms with Gasteiger partial charge in [-0.25, -0.2) is 12.2 Å². The summed E-state index contributed by atoms with van der Waals surface area (Å²) in [5, 5.41) is 0. The van der Waals surface area contributed by atoms with Gasteiger partial charge >= 0.3 is 21.7 Å². The summed E-state index contributed by atoms with van der Waals surface area (Å²) >= 11 is 0. The number of ether oxygens (including phenoxy) is 1. The Morgan fingerprint density at radius 2 is 1.68 bits per heavy atom. The monoisotopic (exact) mass is 354 g/mol. The molecule has 1 aliphatic carbocycles. The van der Waals surface area contributed by atoms with Crippen molar-refractivity contribution in [1.29, 1.82) is 0 Å². The summed E-state index contributed by atoms with van der Waals surface area (Å²) in [7, 11) is 0. The van der Waals surface area contributed by atoms with Crippen molar-refractivity contribution in [2.75, 3.05) is 0 Å². The van der Waals surface area contributed by atoms with Gasteiger partial charge in [0.15, 0.2) is 6.47 Å². The Morgan fingerprint density at radius 3 is 2.00 bits per heavy atom. The van der Waals surface area contributed by atoms with Gasteiger partial charge in [0.2, 0.25) is 0 Å². The first kappa shape index (κ1) is 31.2. The second-order valence-electron chi connectivity index (χ2n) is 2.50. The Morgan fingerprint density at radius 1 is 1.11 bits per heavy atom. The molecule has 0 fully saturated rings. The molecule has 0 spiro atoms. The van der Waals surface area contributed by atoms with Gasteiger partial charge in [-0.3, -0.25) is 6.08 Å². The minimum absolute atomic E-state index is 0. The van der Waals surface area contributed by atoms with E-state index in [1.54, 1.807) is 24.3 Å². The summed E-state index contributed by atoms with van der Waals surface area (Å²) in [6.07, 6.45) is 10.0. The first-order valence-electron chi connectivity index (χ1n) is 4.24. The molecule has 105 valence electrons. The quantitative estimate of drug-likeness (QED) is 0.390. The third kappa shape index (κ3) is 17.8. The Bertz CT molecular complexity index is 320. The predicted molar refractivity (Wildman–Crippen MR) is 60.7 cm³/mol. The fourth-order valence-electron chi connectivity index (χ4n) is 0.877. The summed E-state index contributed by atoms with van der Waals surface area (Å²) in [5.41, 5.74) is 0. The van der Waals surface area contributed by atoms with Crippen molar-refractivity contribution < 1.29 is 68.5 Å². The molecule has 0 N–H and O–H groups in total. The van der Waals surface area contributed by atoms with Crippen LogP contribution in [-0.2, 0) is 26.5 Å². The molecule has 0 atom stereocenters. The number of halogens is 3. The van der Waals surface area contributed by atoms with E-state index in [4.69, 9.17) is 0 Å². The van der Waals surface area contributed by atoms with E-state index < -0.39 is 0 Å². The van der Waals surface area contributed by atoms with E-state index in [2.05, 4.69) is 16.9 Å². The van der Waals surface area contributed by atoms with Crippen LogP contribution in [-0.4, -0.2) is 6.47 Å². The maximum Gasteiger partial charge on any atom is 3.00 e. The average molecular weight is 355 g/mol. The third-order valence-corrected chi connectivity index (χ3v) is 1.49. The van der Waals surface area contributed by atoms with Gasteiger partial charge in [0, 0.05) is 0 Å². The molecule has 0 aromatic heterocycles. The van der Waals surface area contributed by atoms with Gasteiger partial charge in [0.25, 0.3) is 0 Å². The van der Waals surface area contributed by atoms with Crippen molar-refractivity contribution in [3.63, 3.8) is 0 Å². The SMILES string of the molecule is O=[C-]Oc1ccccc1.[C-]1=CC=CC1.[CH3-].[Cl-].[Cl-].[Cl-].[Ti+3]. The van der Waals surface area contributed by atoms with Crippen LogP contribution >= 0.6 is 0 Å². The van der Waals surface area contributed by atoms with Crippen LogP contribution in [0.3, 0.4) is 0 Å². The van der Waals surface area contributed by atoms with E-state index in [0.717, 1.165) is 6.42 Å². The zero-order chi connectivity index (χ0) is 10.1. The number of carbonyl (C=O) groups excluding carboxylic acids is 1. The molecule has 2 nitrogen and oxygen atoms in total. The van der Waals surface area contributed by atoms with E-state index >= 15 is 0 Å².